The molecule has 1 aliphatic carbocycles. The van der Waals surface area contributed by atoms with Gasteiger partial charge in [0, 0.05) is 12.6 Å². The summed E-state index contributed by atoms with van der Waals surface area (Å²) < 4.78 is 38.0. The van der Waals surface area contributed by atoms with E-state index in [2.05, 4.69) is 19.2 Å². The molecule has 2 nitrogen and oxygen atoms in total. The first kappa shape index (κ1) is 17.8. The Morgan fingerprint density at radius 2 is 1.85 bits per heavy atom. The molecule has 0 amide bonds. The van der Waals surface area contributed by atoms with Crippen LogP contribution in [0.5, 0.6) is 0 Å². The van der Waals surface area contributed by atoms with Gasteiger partial charge in [0.05, 0.1) is 6.54 Å². The van der Waals surface area contributed by atoms with Crippen LogP contribution in [0.4, 0.5) is 13.2 Å². The average molecular weight is 294 g/mol. The summed E-state index contributed by atoms with van der Waals surface area (Å²) in [5.74, 6) is 1.44. The Morgan fingerprint density at radius 1 is 1.20 bits per heavy atom. The van der Waals surface area contributed by atoms with E-state index in [1.54, 1.807) is 4.90 Å². The molecule has 1 aliphatic rings. The van der Waals surface area contributed by atoms with Gasteiger partial charge in [0.1, 0.15) is 0 Å². The lowest BCUT2D eigenvalue weighted by Crippen LogP contribution is -2.49. The summed E-state index contributed by atoms with van der Waals surface area (Å²) in [6.45, 7) is 6.64. The predicted molar refractivity (Wildman–Crippen MR) is 76.7 cm³/mol. The van der Waals surface area contributed by atoms with Crippen molar-refractivity contribution >= 4 is 0 Å². The Bertz CT molecular complexity index is 281. The van der Waals surface area contributed by atoms with Crippen LogP contribution in [-0.4, -0.2) is 43.8 Å². The first-order chi connectivity index (χ1) is 9.26. The molecule has 1 fully saturated rings. The van der Waals surface area contributed by atoms with Gasteiger partial charge in [-0.15, -0.1) is 0 Å². The predicted octanol–water partition coefficient (Wildman–Crippen LogP) is 3.53. The van der Waals surface area contributed by atoms with Crippen LogP contribution in [0.1, 0.15) is 40.0 Å². The Kier molecular flexibility index (Phi) is 6.79. The van der Waals surface area contributed by atoms with Gasteiger partial charge in [-0.2, -0.15) is 13.2 Å². The van der Waals surface area contributed by atoms with Crippen LogP contribution in [-0.2, 0) is 0 Å². The van der Waals surface area contributed by atoms with E-state index in [9.17, 15) is 13.2 Å². The molecular formula is C15H29F3N2. The third-order valence-electron chi connectivity index (χ3n) is 4.46. The van der Waals surface area contributed by atoms with Crippen molar-refractivity contribution in [3.8, 4) is 0 Å². The molecule has 0 aromatic rings. The highest BCUT2D eigenvalue weighted by atomic mass is 19.4. The van der Waals surface area contributed by atoms with Crippen molar-refractivity contribution in [2.24, 2.45) is 17.8 Å². The van der Waals surface area contributed by atoms with Crippen LogP contribution >= 0.6 is 0 Å². The van der Waals surface area contributed by atoms with Gasteiger partial charge in [-0.25, -0.2) is 0 Å². The monoisotopic (exact) mass is 294 g/mol. The van der Waals surface area contributed by atoms with E-state index in [0.29, 0.717) is 36.9 Å². The van der Waals surface area contributed by atoms with Crippen LogP contribution in [0.15, 0.2) is 0 Å². The lowest BCUT2D eigenvalue weighted by Gasteiger charge is -2.42. The van der Waals surface area contributed by atoms with Crippen LogP contribution < -0.4 is 5.32 Å². The molecule has 0 radical (unpaired) electrons. The second kappa shape index (κ2) is 7.64. The zero-order valence-corrected chi connectivity index (χ0v) is 13.1. The number of nitrogens with one attached hydrogen (secondary N) is 1. The maximum atomic E-state index is 12.7. The van der Waals surface area contributed by atoms with Crippen molar-refractivity contribution in [3.05, 3.63) is 0 Å². The van der Waals surface area contributed by atoms with Crippen molar-refractivity contribution < 1.29 is 13.2 Å². The summed E-state index contributed by atoms with van der Waals surface area (Å²) in [7, 11) is 1.93. The fourth-order valence-corrected chi connectivity index (χ4v) is 3.65. The molecule has 0 bridgehead atoms. The molecule has 0 spiro atoms. The Balaban J connectivity index is 2.69. The van der Waals surface area contributed by atoms with Crippen molar-refractivity contribution in [1.29, 1.82) is 0 Å². The van der Waals surface area contributed by atoms with Crippen molar-refractivity contribution in [2.75, 3.05) is 26.7 Å². The molecule has 120 valence electrons. The second-order valence-corrected chi connectivity index (χ2v) is 6.46. The number of rotatable bonds is 6. The Hall–Kier alpha value is -0.290. The van der Waals surface area contributed by atoms with Crippen LogP contribution in [0.25, 0.3) is 0 Å². The highest BCUT2D eigenvalue weighted by Gasteiger charge is 2.37. The summed E-state index contributed by atoms with van der Waals surface area (Å²) in [6.07, 6.45) is -1.15. The van der Waals surface area contributed by atoms with Gasteiger partial charge in [0.2, 0.25) is 0 Å². The molecule has 0 heterocycles. The third-order valence-corrected chi connectivity index (χ3v) is 4.46. The smallest absolute Gasteiger partial charge is 0.317 e. The Labute approximate surface area is 121 Å². The van der Waals surface area contributed by atoms with Gasteiger partial charge in [-0.1, -0.05) is 20.8 Å². The van der Waals surface area contributed by atoms with E-state index in [4.69, 9.17) is 0 Å². The minimum Gasteiger partial charge on any atom is -0.317 e. The SMILES string of the molecule is CCCN(CC1C(C)CC(C)CC1NC)CC(F)(F)F. The molecule has 20 heavy (non-hydrogen) atoms. The van der Waals surface area contributed by atoms with E-state index in [1.807, 2.05) is 14.0 Å². The first-order valence-electron chi connectivity index (χ1n) is 7.73. The molecule has 1 saturated carbocycles. The summed E-state index contributed by atoms with van der Waals surface area (Å²) in [5.41, 5.74) is 0. The van der Waals surface area contributed by atoms with E-state index in [-0.39, 0.29) is 0 Å². The van der Waals surface area contributed by atoms with Crippen LogP contribution in [0.2, 0.25) is 0 Å². The summed E-state index contributed by atoms with van der Waals surface area (Å²) >= 11 is 0. The zero-order valence-electron chi connectivity index (χ0n) is 13.1. The summed E-state index contributed by atoms with van der Waals surface area (Å²) in [6, 6.07) is 0.335. The molecule has 0 saturated heterocycles. The standard InChI is InChI=1S/C15H29F3N2/c1-5-6-20(10-15(16,17)18)9-13-12(3)7-11(2)8-14(13)19-4/h11-14,19H,5-10H2,1-4H3. The highest BCUT2D eigenvalue weighted by molar-refractivity contribution is 4.89. The number of hydrogen-bond acceptors (Lipinski definition) is 2. The number of hydrogen-bond donors (Lipinski definition) is 1. The van der Waals surface area contributed by atoms with Crippen molar-refractivity contribution in [2.45, 2.75) is 52.3 Å². The molecule has 0 aliphatic heterocycles. The van der Waals surface area contributed by atoms with Gasteiger partial charge in [0.15, 0.2) is 0 Å². The quantitative estimate of drug-likeness (QED) is 0.806. The molecule has 5 heteroatoms. The fraction of sp³-hybridized carbons (Fsp3) is 1.00. The van der Waals surface area contributed by atoms with Gasteiger partial charge < -0.3 is 5.32 Å². The maximum absolute atomic E-state index is 12.7. The van der Waals surface area contributed by atoms with Crippen molar-refractivity contribution in [3.63, 3.8) is 0 Å². The summed E-state index contributed by atoms with van der Waals surface area (Å²) in [5, 5.41) is 3.32. The lowest BCUT2D eigenvalue weighted by molar-refractivity contribution is -0.148. The van der Waals surface area contributed by atoms with Gasteiger partial charge in [0.25, 0.3) is 0 Å². The van der Waals surface area contributed by atoms with Gasteiger partial charge in [-0.3, -0.25) is 4.90 Å². The summed E-state index contributed by atoms with van der Waals surface area (Å²) in [4.78, 5) is 1.58. The molecule has 0 aromatic carbocycles. The first-order valence-corrected chi connectivity index (χ1v) is 7.73. The third kappa shape index (κ3) is 5.60. The van der Waals surface area contributed by atoms with Crippen LogP contribution in [0.3, 0.4) is 0 Å². The molecule has 1 N–H and O–H groups in total. The van der Waals surface area contributed by atoms with E-state index in [0.717, 1.165) is 19.3 Å². The van der Waals surface area contributed by atoms with Crippen LogP contribution in [0, 0.1) is 17.8 Å². The average Bonchev–Trinajstić information content (AvgIpc) is 2.30. The largest absolute Gasteiger partial charge is 0.401 e. The number of halogens is 3. The van der Waals surface area contributed by atoms with E-state index < -0.39 is 12.7 Å². The van der Waals surface area contributed by atoms with E-state index in [1.165, 1.54) is 0 Å². The molecular weight excluding hydrogens is 265 g/mol. The molecule has 4 unspecified atom stereocenters. The molecule has 0 aromatic heterocycles. The number of nitrogens with zero attached hydrogens (tertiary/aromatic N) is 1. The number of alkyl halides is 3. The van der Waals surface area contributed by atoms with Gasteiger partial charge >= 0.3 is 6.18 Å². The van der Waals surface area contributed by atoms with E-state index >= 15 is 0 Å². The minimum absolute atomic E-state index is 0.310. The fourth-order valence-electron chi connectivity index (χ4n) is 3.65. The maximum Gasteiger partial charge on any atom is 0.401 e. The molecule has 1 rings (SSSR count). The minimum atomic E-state index is -4.10. The second-order valence-electron chi connectivity index (χ2n) is 6.46. The zero-order chi connectivity index (χ0) is 15.3. The highest BCUT2D eigenvalue weighted by Crippen LogP contribution is 2.34. The topological polar surface area (TPSA) is 15.3 Å². The normalized spacial score (nSPS) is 31.8. The Morgan fingerprint density at radius 3 is 2.35 bits per heavy atom. The molecule has 4 atom stereocenters. The lowest BCUT2D eigenvalue weighted by atomic mass is 9.72. The van der Waals surface area contributed by atoms with Gasteiger partial charge in [-0.05, 0) is 50.6 Å². The van der Waals surface area contributed by atoms with Crippen molar-refractivity contribution in [1.82, 2.24) is 10.2 Å².